The quantitative estimate of drug-likeness (QED) is 0.724. The van der Waals surface area contributed by atoms with E-state index in [2.05, 4.69) is 10.1 Å². The standard InChI is InChI=1S/C8H6F3N3O/c1-4-6(8(9,10)11)14-5(2-3-12-14)13-7(4)15/h2-3H,1H3,(H,13,15). The van der Waals surface area contributed by atoms with Gasteiger partial charge in [-0.3, -0.25) is 4.79 Å². The number of nitrogens with zero attached hydrogens (tertiary/aromatic N) is 2. The normalized spacial score (nSPS) is 12.3. The van der Waals surface area contributed by atoms with Crippen molar-refractivity contribution in [3.8, 4) is 0 Å². The third-order valence-corrected chi connectivity index (χ3v) is 2.06. The van der Waals surface area contributed by atoms with Crippen molar-refractivity contribution in [3.05, 3.63) is 33.9 Å². The van der Waals surface area contributed by atoms with Gasteiger partial charge in [0.1, 0.15) is 5.65 Å². The molecule has 0 saturated carbocycles. The molecule has 0 radical (unpaired) electrons. The van der Waals surface area contributed by atoms with Crippen LogP contribution < -0.4 is 5.56 Å². The first-order valence-corrected chi connectivity index (χ1v) is 4.05. The summed E-state index contributed by atoms with van der Waals surface area (Å²) >= 11 is 0. The highest BCUT2D eigenvalue weighted by atomic mass is 19.4. The fourth-order valence-electron chi connectivity index (χ4n) is 1.39. The van der Waals surface area contributed by atoms with E-state index in [4.69, 9.17) is 0 Å². The first kappa shape index (κ1) is 9.75. The van der Waals surface area contributed by atoms with Crippen molar-refractivity contribution < 1.29 is 13.2 Å². The number of fused-ring (bicyclic) bond motifs is 1. The minimum atomic E-state index is -4.59. The van der Waals surface area contributed by atoms with E-state index in [1.54, 1.807) is 0 Å². The van der Waals surface area contributed by atoms with E-state index >= 15 is 0 Å². The van der Waals surface area contributed by atoms with Crippen molar-refractivity contribution in [1.82, 2.24) is 14.6 Å². The molecule has 0 amide bonds. The number of alkyl halides is 3. The third kappa shape index (κ3) is 1.39. The Kier molecular flexibility index (Phi) is 1.85. The van der Waals surface area contributed by atoms with Gasteiger partial charge in [-0.15, -0.1) is 0 Å². The number of nitrogens with one attached hydrogen (secondary N) is 1. The van der Waals surface area contributed by atoms with Crippen LogP contribution in [0.4, 0.5) is 13.2 Å². The monoisotopic (exact) mass is 217 g/mol. The van der Waals surface area contributed by atoms with E-state index in [-0.39, 0.29) is 5.65 Å². The van der Waals surface area contributed by atoms with Crippen molar-refractivity contribution in [3.63, 3.8) is 0 Å². The van der Waals surface area contributed by atoms with Gasteiger partial charge in [-0.2, -0.15) is 18.3 Å². The Morgan fingerprint density at radius 3 is 2.73 bits per heavy atom. The lowest BCUT2D eigenvalue weighted by molar-refractivity contribution is -0.143. The van der Waals surface area contributed by atoms with Crippen LogP contribution in [0.3, 0.4) is 0 Å². The lowest BCUT2D eigenvalue weighted by Crippen LogP contribution is -2.23. The Morgan fingerprint density at radius 2 is 2.13 bits per heavy atom. The number of aromatic amines is 1. The molecule has 15 heavy (non-hydrogen) atoms. The van der Waals surface area contributed by atoms with E-state index in [1.807, 2.05) is 0 Å². The van der Waals surface area contributed by atoms with Crippen molar-refractivity contribution in [2.75, 3.05) is 0 Å². The van der Waals surface area contributed by atoms with Crippen LogP contribution in [0.1, 0.15) is 11.3 Å². The number of halogens is 3. The topological polar surface area (TPSA) is 50.2 Å². The van der Waals surface area contributed by atoms with Gasteiger partial charge in [-0.25, -0.2) is 4.52 Å². The first-order valence-electron chi connectivity index (χ1n) is 4.05. The zero-order chi connectivity index (χ0) is 11.2. The molecular formula is C8H6F3N3O. The summed E-state index contributed by atoms with van der Waals surface area (Å²) in [5.74, 6) is 0. The van der Waals surface area contributed by atoms with Crippen LogP contribution in [0.25, 0.3) is 5.65 Å². The van der Waals surface area contributed by atoms with Gasteiger partial charge in [-0.05, 0) is 6.92 Å². The average Bonchev–Trinajstić information content (AvgIpc) is 2.50. The number of aromatic nitrogens is 3. The molecule has 0 aliphatic carbocycles. The summed E-state index contributed by atoms with van der Waals surface area (Å²) in [5, 5.41) is 3.51. The summed E-state index contributed by atoms with van der Waals surface area (Å²) in [6.07, 6.45) is -3.40. The summed E-state index contributed by atoms with van der Waals surface area (Å²) < 4.78 is 38.5. The summed E-state index contributed by atoms with van der Waals surface area (Å²) in [7, 11) is 0. The molecule has 80 valence electrons. The van der Waals surface area contributed by atoms with Gasteiger partial charge in [0, 0.05) is 11.6 Å². The van der Waals surface area contributed by atoms with E-state index in [1.165, 1.54) is 12.3 Å². The summed E-state index contributed by atoms with van der Waals surface area (Å²) in [6, 6.07) is 1.30. The van der Waals surface area contributed by atoms with E-state index in [9.17, 15) is 18.0 Å². The summed E-state index contributed by atoms with van der Waals surface area (Å²) in [6.45, 7) is 1.11. The van der Waals surface area contributed by atoms with E-state index in [0.717, 1.165) is 6.92 Å². The first-order chi connectivity index (χ1) is 6.91. The fourth-order valence-corrected chi connectivity index (χ4v) is 1.39. The molecule has 0 aliphatic rings. The summed E-state index contributed by atoms with van der Waals surface area (Å²) in [5.41, 5.74) is -2.15. The largest absolute Gasteiger partial charge is 0.433 e. The number of H-pyrrole nitrogens is 1. The lowest BCUT2D eigenvalue weighted by Gasteiger charge is -2.10. The number of hydrogen-bond acceptors (Lipinski definition) is 2. The maximum atomic E-state index is 12.6. The Labute approximate surface area is 81.3 Å². The predicted molar refractivity (Wildman–Crippen MR) is 45.6 cm³/mol. The zero-order valence-corrected chi connectivity index (χ0v) is 7.59. The molecule has 0 spiro atoms. The van der Waals surface area contributed by atoms with E-state index < -0.39 is 23.0 Å². The van der Waals surface area contributed by atoms with Crippen LogP contribution in [0, 0.1) is 6.92 Å². The molecule has 2 aromatic heterocycles. The van der Waals surface area contributed by atoms with Crippen LogP contribution in [-0.4, -0.2) is 14.6 Å². The predicted octanol–water partition coefficient (Wildman–Crippen LogP) is 1.35. The van der Waals surface area contributed by atoms with Crippen molar-refractivity contribution >= 4 is 5.65 Å². The Hall–Kier alpha value is -1.79. The smallest absolute Gasteiger partial charge is 0.307 e. The van der Waals surface area contributed by atoms with Gasteiger partial charge in [0.15, 0.2) is 5.69 Å². The second-order valence-electron chi connectivity index (χ2n) is 3.05. The highest BCUT2D eigenvalue weighted by Gasteiger charge is 2.37. The molecule has 2 heterocycles. The van der Waals surface area contributed by atoms with Crippen molar-refractivity contribution in [2.45, 2.75) is 13.1 Å². The molecule has 2 aromatic rings. The second-order valence-corrected chi connectivity index (χ2v) is 3.05. The van der Waals surface area contributed by atoms with Crippen LogP contribution in [0.5, 0.6) is 0 Å². The minimum absolute atomic E-state index is 0.0259. The lowest BCUT2D eigenvalue weighted by atomic mass is 10.2. The molecule has 0 atom stereocenters. The van der Waals surface area contributed by atoms with Gasteiger partial charge < -0.3 is 4.98 Å². The van der Waals surface area contributed by atoms with Crippen molar-refractivity contribution in [1.29, 1.82) is 0 Å². The Balaban J connectivity index is 2.96. The van der Waals surface area contributed by atoms with Crippen molar-refractivity contribution in [2.24, 2.45) is 0 Å². The Bertz CT molecular complexity index is 566. The molecular weight excluding hydrogens is 211 g/mol. The van der Waals surface area contributed by atoms with Gasteiger partial charge in [0.05, 0.1) is 6.20 Å². The van der Waals surface area contributed by atoms with Gasteiger partial charge in [0.25, 0.3) is 5.56 Å². The average molecular weight is 217 g/mol. The van der Waals surface area contributed by atoms with Crippen LogP contribution in [-0.2, 0) is 6.18 Å². The molecule has 0 aromatic carbocycles. The molecule has 0 bridgehead atoms. The fraction of sp³-hybridized carbons (Fsp3) is 0.250. The highest BCUT2D eigenvalue weighted by Crippen LogP contribution is 2.30. The molecule has 0 unspecified atom stereocenters. The number of hydrogen-bond donors (Lipinski definition) is 1. The highest BCUT2D eigenvalue weighted by molar-refractivity contribution is 5.39. The molecule has 7 heteroatoms. The molecule has 2 rings (SSSR count). The SMILES string of the molecule is Cc1c(C(F)(F)F)n2nccc2[nH]c1=O. The molecule has 4 nitrogen and oxygen atoms in total. The maximum absolute atomic E-state index is 12.6. The van der Waals surface area contributed by atoms with Crippen LogP contribution >= 0.6 is 0 Å². The van der Waals surface area contributed by atoms with Gasteiger partial charge in [-0.1, -0.05) is 0 Å². The molecule has 1 N–H and O–H groups in total. The van der Waals surface area contributed by atoms with Crippen LogP contribution in [0.15, 0.2) is 17.1 Å². The van der Waals surface area contributed by atoms with Crippen LogP contribution in [0.2, 0.25) is 0 Å². The second kappa shape index (κ2) is 2.85. The molecule has 0 fully saturated rings. The Morgan fingerprint density at radius 1 is 1.47 bits per heavy atom. The van der Waals surface area contributed by atoms with Gasteiger partial charge >= 0.3 is 6.18 Å². The zero-order valence-electron chi connectivity index (χ0n) is 7.59. The third-order valence-electron chi connectivity index (χ3n) is 2.06. The molecule has 0 aliphatic heterocycles. The summed E-state index contributed by atoms with van der Waals surface area (Å²) in [4.78, 5) is 13.5. The maximum Gasteiger partial charge on any atom is 0.433 e. The van der Waals surface area contributed by atoms with E-state index in [0.29, 0.717) is 4.52 Å². The minimum Gasteiger partial charge on any atom is -0.307 e. The van der Waals surface area contributed by atoms with Gasteiger partial charge in [0.2, 0.25) is 0 Å². The molecule has 0 saturated heterocycles. The number of rotatable bonds is 0.